The molecule has 1 aliphatic rings. The molecule has 0 saturated carbocycles. The summed E-state index contributed by atoms with van der Waals surface area (Å²) in [5.74, 6) is 1.12. The Hall–Kier alpha value is -1.39. The van der Waals surface area contributed by atoms with E-state index in [1.807, 2.05) is 23.6 Å². The molecule has 0 amide bonds. The molecule has 0 aliphatic carbocycles. The van der Waals surface area contributed by atoms with Gasteiger partial charge in [-0.25, -0.2) is 4.98 Å². The zero-order valence-corrected chi connectivity index (χ0v) is 12.7. The van der Waals surface area contributed by atoms with Crippen molar-refractivity contribution < 1.29 is 0 Å². The molecule has 0 bridgehead atoms. The van der Waals surface area contributed by atoms with Crippen LogP contribution in [0.4, 0.5) is 5.82 Å². The van der Waals surface area contributed by atoms with Crippen molar-refractivity contribution in [2.75, 3.05) is 11.4 Å². The fourth-order valence-corrected chi connectivity index (χ4v) is 3.62. The van der Waals surface area contributed by atoms with Crippen LogP contribution in [0.2, 0.25) is 0 Å². The van der Waals surface area contributed by atoms with Gasteiger partial charge in [-0.3, -0.25) is 0 Å². The number of fused-ring (bicyclic) bond motifs is 1. The molecule has 3 heterocycles. The van der Waals surface area contributed by atoms with Crippen LogP contribution in [0.5, 0.6) is 0 Å². The molecule has 20 heavy (non-hydrogen) atoms. The maximum Gasteiger partial charge on any atom is 0.132 e. The van der Waals surface area contributed by atoms with Gasteiger partial charge in [0.1, 0.15) is 5.82 Å². The summed E-state index contributed by atoms with van der Waals surface area (Å²) in [5, 5.41) is 2.19. The van der Waals surface area contributed by atoms with Gasteiger partial charge in [0.2, 0.25) is 0 Å². The third-order valence-corrected chi connectivity index (χ3v) is 5.00. The Morgan fingerprint density at radius 1 is 1.45 bits per heavy atom. The zero-order chi connectivity index (χ0) is 13.9. The minimum atomic E-state index is 0.222. The Morgan fingerprint density at radius 3 is 3.20 bits per heavy atom. The zero-order valence-electron chi connectivity index (χ0n) is 11.9. The smallest absolute Gasteiger partial charge is 0.132 e. The van der Waals surface area contributed by atoms with E-state index >= 15 is 0 Å². The largest absolute Gasteiger partial charge is 0.352 e. The Bertz CT molecular complexity index is 579. The number of hydrogen-bond donors (Lipinski definition) is 1. The van der Waals surface area contributed by atoms with Gasteiger partial charge in [0.25, 0.3) is 0 Å². The topological polar surface area (TPSA) is 42.1 Å². The van der Waals surface area contributed by atoms with Crippen molar-refractivity contribution in [1.82, 2.24) is 4.98 Å². The molecular formula is C16H21N3S. The number of hydrogen-bond acceptors (Lipinski definition) is 4. The first-order valence-corrected chi connectivity index (χ1v) is 8.15. The molecule has 106 valence electrons. The third kappa shape index (κ3) is 2.72. The normalized spacial score (nSPS) is 16.0. The Morgan fingerprint density at radius 2 is 2.35 bits per heavy atom. The second-order valence-corrected chi connectivity index (χ2v) is 6.40. The molecule has 0 saturated heterocycles. The fourth-order valence-electron chi connectivity index (χ4n) is 2.73. The van der Waals surface area contributed by atoms with E-state index in [1.54, 1.807) is 0 Å². The Labute approximate surface area is 124 Å². The SMILES string of the molecule is CCC(N)Cc1cccnc1N1CCc2sccc2C1. The summed E-state index contributed by atoms with van der Waals surface area (Å²) in [6.45, 7) is 4.17. The fraction of sp³-hybridized carbons (Fsp3) is 0.438. The second-order valence-electron chi connectivity index (χ2n) is 5.40. The monoisotopic (exact) mass is 287 g/mol. The van der Waals surface area contributed by atoms with Crippen molar-refractivity contribution in [2.24, 2.45) is 5.73 Å². The summed E-state index contributed by atoms with van der Waals surface area (Å²) in [5.41, 5.74) is 8.85. The summed E-state index contributed by atoms with van der Waals surface area (Å²) >= 11 is 1.87. The summed E-state index contributed by atoms with van der Waals surface area (Å²) in [4.78, 5) is 8.55. The molecule has 0 aromatic carbocycles. The van der Waals surface area contributed by atoms with Crippen molar-refractivity contribution in [1.29, 1.82) is 0 Å². The first-order valence-electron chi connectivity index (χ1n) is 7.27. The lowest BCUT2D eigenvalue weighted by Crippen LogP contribution is -2.32. The van der Waals surface area contributed by atoms with E-state index in [9.17, 15) is 0 Å². The predicted octanol–water partition coefficient (Wildman–Crippen LogP) is 2.99. The van der Waals surface area contributed by atoms with Crippen molar-refractivity contribution in [3.8, 4) is 0 Å². The highest BCUT2D eigenvalue weighted by atomic mass is 32.1. The summed E-state index contributed by atoms with van der Waals surface area (Å²) in [6.07, 6.45) is 4.93. The van der Waals surface area contributed by atoms with Gasteiger partial charge in [-0.2, -0.15) is 0 Å². The van der Waals surface area contributed by atoms with Crippen molar-refractivity contribution in [3.63, 3.8) is 0 Å². The number of aromatic nitrogens is 1. The summed E-state index contributed by atoms with van der Waals surface area (Å²) in [7, 11) is 0. The van der Waals surface area contributed by atoms with Crippen LogP contribution in [0.1, 0.15) is 29.3 Å². The first-order chi connectivity index (χ1) is 9.78. The summed E-state index contributed by atoms with van der Waals surface area (Å²) < 4.78 is 0. The lowest BCUT2D eigenvalue weighted by atomic mass is 10.0. The van der Waals surface area contributed by atoms with Gasteiger partial charge in [0.05, 0.1) is 0 Å². The highest BCUT2D eigenvalue weighted by Crippen LogP contribution is 2.28. The minimum Gasteiger partial charge on any atom is -0.352 e. The van der Waals surface area contributed by atoms with Crippen LogP contribution in [0.25, 0.3) is 0 Å². The molecule has 0 fully saturated rings. The van der Waals surface area contributed by atoms with Gasteiger partial charge in [0, 0.05) is 30.2 Å². The molecule has 1 unspecified atom stereocenters. The van der Waals surface area contributed by atoms with Gasteiger partial charge in [-0.1, -0.05) is 13.0 Å². The van der Waals surface area contributed by atoms with E-state index in [1.165, 1.54) is 16.0 Å². The molecule has 2 aromatic rings. The maximum absolute atomic E-state index is 6.12. The molecule has 4 heteroatoms. The summed E-state index contributed by atoms with van der Waals surface area (Å²) in [6, 6.07) is 6.65. The average molecular weight is 287 g/mol. The third-order valence-electron chi connectivity index (χ3n) is 3.98. The molecule has 3 rings (SSSR count). The molecule has 1 aliphatic heterocycles. The van der Waals surface area contributed by atoms with E-state index in [0.717, 1.165) is 38.2 Å². The van der Waals surface area contributed by atoms with E-state index in [0.29, 0.717) is 0 Å². The van der Waals surface area contributed by atoms with E-state index in [-0.39, 0.29) is 6.04 Å². The van der Waals surface area contributed by atoms with Crippen LogP contribution >= 0.6 is 11.3 Å². The van der Waals surface area contributed by atoms with Crippen molar-refractivity contribution in [3.05, 3.63) is 45.8 Å². The molecule has 0 radical (unpaired) electrons. The Balaban J connectivity index is 1.84. The van der Waals surface area contributed by atoms with Gasteiger partial charge in [-0.15, -0.1) is 11.3 Å². The van der Waals surface area contributed by atoms with Crippen LogP contribution < -0.4 is 10.6 Å². The molecule has 0 spiro atoms. The molecule has 1 atom stereocenters. The van der Waals surface area contributed by atoms with E-state index in [2.05, 4.69) is 34.3 Å². The molecular weight excluding hydrogens is 266 g/mol. The highest BCUT2D eigenvalue weighted by molar-refractivity contribution is 7.10. The van der Waals surface area contributed by atoms with Crippen LogP contribution in [0, 0.1) is 0 Å². The number of nitrogens with two attached hydrogens (primary N) is 1. The number of anilines is 1. The number of thiophene rings is 1. The van der Waals surface area contributed by atoms with Gasteiger partial charge in [-0.05, 0) is 47.9 Å². The van der Waals surface area contributed by atoms with Crippen LogP contribution in [0.15, 0.2) is 29.8 Å². The minimum absolute atomic E-state index is 0.222. The molecule has 2 N–H and O–H groups in total. The number of pyridine rings is 1. The number of nitrogens with zero attached hydrogens (tertiary/aromatic N) is 2. The van der Waals surface area contributed by atoms with Gasteiger partial charge in [0.15, 0.2) is 0 Å². The lowest BCUT2D eigenvalue weighted by molar-refractivity contribution is 0.639. The first kappa shape index (κ1) is 13.6. The molecule has 3 nitrogen and oxygen atoms in total. The van der Waals surface area contributed by atoms with E-state index in [4.69, 9.17) is 5.73 Å². The van der Waals surface area contributed by atoms with Crippen LogP contribution in [-0.2, 0) is 19.4 Å². The number of rotatable bonds is 4. The van der Waals surface area contributed by atoms with Gasteiger partial charge >= 0.3 is 0 Å². The Kier molecular flexibility index (Phi) is 4.03. The second kappa shape index (κ2) is 5.94. The molecule has 2 aromatic heterocycles. The van der Waals surface area contributed by atoms with Crippen molar-refractivity contribution in [2.45, 2.75) is 38.8 Å². The predicted molar refractivity (Wildman–Crippen MR) is 85.3 cm³/mol. The van der Waals surface area contributed by atoms with Crippen LogP contribution in [-0.4, -0.2) is 17.6 Å². The van der Waals surface area contributed by atoms with Gasteiger partial charge < -0.3 is 10.6 Å². The average Bonchev–Trinajstić information content (AvgIpc) is 2.95. The quantitative estimate of drug-likeness (QED) is 0.940. The standard InChI is InChI=1S/C16H21N3S/c1-2-14(17)10-12-4-3-7-18-16(12)19-8-5-15-13(11-19)6-9-20-15/h3-4,6-7,9,14H,2,5,8,10-11,17H2,1H3. The van der Waals surface area contributed by atoms with Crippen molar-refractivity contribution >= 4 is 17.2 Å². The highest BCUT2D eigenvalue weighted by Gasteiger charge is 2.20. The van der Waals surface area contributed by atoms with E-state index < -0.39 is 0 Å². The lowest BCUT2D eigenvalue weighted by Gasteiger charge is -2.30. The maximum atomic E-state index is 6.12. The van der Waals surface area contributed by atoms with Crippen LogP contribution in [0.3, 0.4) is 0 Å².